The molecule has 0 aliphatic carbocycles. The molecule has 3 aromatic rings. The molecule has 0 saturated carbocycles. The summed E-state index contributed by atoms with van der Waals surface area (Å²) in [5.74, 6) is 0.934. The molecule has 1 saturated heterocycles. The number of pyridine rings is 1. The SMILES string of the molecule is COc1ccc(CN2CC(OCc3cccnc3)CN(Cc3ccsc3)CC2=O)cc1. The summed E-state index contributed by atoms with van der Waals surface area (Å²) < 4.78 is 11.5. The van der Waals surface area contributed by atoms with Crippen molar-refractivity contribution in [2.75, 3.05) is 26.7 Å². The lowest BCUT2D eigenvalue weighted by molar-refractivity contribution is -0.132. The molecule has 31 heavy (non-hydrogen) atoms. The van der Waals surface area contributed by atoms with Gasteiger partial charge >= 0.3 is 0 Å². The van der Waals surface area contributed by atoms with Crippen molar-refractivity contribution in [3.8, 4) is 5.75 Å². The number of hydrogen-bond acceptors (Lipinski definition) is 6. The standard InChI is InChI=1S/C24H27N3O3S/c1-29-22-6-4-19(5-7-22)13-27-15-23(30-17-20-3-2-9-25-11-20)14-26(16-24(27)28)12-21-8-10-31-18-21/h2-11,18,23H,12-17H2,1H3. The van der Waals surface area contributed by atoms with Gasteiger partial charge in [0.05, 0.1) is 26.4 Å². The van der Waals surface area contributed by atoms with Crippen molar-refractivity contribution < 1.29 is 14.3 Å². The van der Waals surface area contributed by atoms with Gasteiger partial charge in [-0.1, -0.05) is 18.2 Å². The van der Waals surface area contributed by atoms with Crippen LogP contribution in [0, 0.1) is 0 Å². The maximum absolute atomic E-state index is 13.1. The molecule has 1 aliphatic heterocycles. The number of carbonyl (C=O) groups is 1. The van der Waals surface area contributed by atoms with Crippen molar-refractivity contribution >= 4 is 17.2 Å². The fraction of sp³-hybridized carbons (Fsp3) is 0.333. The van der Waals surface area contributed by atoms with Gasteiger partial charge in [0, 0.05) is 38.6 Å². The number of nitrogens with zero attached hydrogens (tertiary/aromatic N) is 3. The Morgan fingerprint density at radius 1 is 1.06 bits per heavy atom. The number of rotatable bonds is 8. The molecule has 1 unspecified atom stereocenters. The number of benzene rings is 1. The number of methoxy groups -OCH3 is 1. The summed E-state index contributed by atoms with van der Waals surface area (Å²) >= 11 is 1.68. The zero-order valence-electron chi connectivity index (χ0n) is 17.6. The molecule has 6 nitrogen and oxygen atoms in total. The highest BCUT2D eigenvalue weighted by Crippen LogP contribution is 2.18. The minimum absolute atomic E-state index is 0.0801. The molecule has 4 rings (SSSR count). The van der Waals surface area contributed by atoms with Gasteiger partial charge in [0.1, 0.15) is 5.75 Å². The number of aromatic nitrogens is 1. The second kappa shape index (κ2) is 10.5. The van der Waals surface area contributed by atoms with Gasteiger partial charge in [-0.05, 0) is 51.7 Å². The summed E-state index contributed by atoms with van der Waals surface area (Å²) in [5, 5.41) is 4.21. The maximum Gasteiger partial charge on any atom is 0.237 e. The number of hydrogen-bond donors (Lipinski definition) is 0. The van der Waals surface area contributed by atoms with Crippen molar-refractivity contribution in [1.82, 2.24) is 14.8 Å². The number of thiophene rings is 1. The minimum Gasteiger partial charge on any atom is -0.497 e. The lowest BCUT2D eigenvalue weighted by Crippen LogP contribution is -2.37. The first-order valence-electron chi connectivity index (χ1n) is 10.3. The fourth-order valence-corrected chi connectivity index (χ4v) is 4.38. The van der Waals surface area contributed by atoms with Crippen LogP contribution in [-0.2, 0) is 29.2 Å². The first kappa shape index (κ1) is 21.5. The molecule has 162 valence electrons. The highest BCUT2D eigenvalue weighted by Gasteiger charge is 2.28. The minimum atomic E-state index is -0.0801. The van der Waals surface area contributed by atoms with Gasteiger partial charge in [0.25, 0.3) is 0 Å². The van der Waals surface area contributed by atoms with E-state index in [0.717, 1.165) is 23.4 Å². The summed E-state index contributed by atoms with van der Waals surface area (Å²) in [6, 6.07) is 13.9. The largest absolute Gasteiger partial charge is 0.497 e. The average Bonchev–Trinajstić information content (AvgIpc) is 3.26. The van der Waals surface area contributed by atoms with E-state index in [0.29, 0.717) is 32.8 Å². The molecule has 0 N–H and O–H groups in total. The van der Waals surface area contributed by atoms with E-state index in [1.54, 1.807) is 24.6 Å². The zero-order valence-corrected chi connectivity index (χ0v) is 18.5. The van der Waals surface area contributed by atoms with Crippen molar-refractivity contribution in [3.05, 3.63) is 82.3 Å². The molecule has 1 fully saturated rings. The van der Waals surface area contributed by atoms with Crippen LogP contribution in [0.25, 0.3) is 0 Å². The maximum atomic E-state index is 13.1. The number of amides is 1. The average molecular weight is 438 g/mol. The summed E-state index contributed by atoms with van der Waals surface area (Å²) in [7, 11) is 1.65. The zero-order chi connectivity index (χ0) is 21.5. The van der Waals surface area contributed by atoms with Crippen LogP contribution in [0.15, 0.2) is 65.6 Å². The molecule has 7 heteroatoms. The van der Waals surface area contributed by atoms with Crippen molar-refractivity contribution in [2.45, 2.75) is 25.8 Å². The van der Waals surface area contributed by atoms with E-state index in [4.69, 9.17) is 9.47 Å². The lowest BCUT2D eigenvalue weighted by atomic mass is 10.2. The molecular weight excluding hydrogens is 410 g/mol. The summed E-state index contributed by atoms with van der Waals surface area (Å²) in [4.78, 5) is 21.4. The van der Waals surface area contributed by atoms with Crippen molar-refractivity contribution in [2.24, 2.45) is 0 Å². The lowest BCUT2D eigenvalue weighted by Gasteiger charge is -2.25. The third-order valence-electron chi connectivity index (χ3n) is 5.32. The van der Waals surface area contributed by atoms with Gasteiger partial charge in [0.15, 0.2) is 0 Å². The second-order valence-electron chi connectivity index (χ2n) is 7.72. The second-order valence-corrected chi connectivity index (χ2v) is 8.50. The van der Waals surface area contributed by atoms with Crippen LogP contribution in [0.2, 0.25) is 0 Å². The third-order valence-corrected chi connectivity index (χ3v) is 6.06. The molecule has 1 amide bonds. The van der Waals surface area contributed by atoms with Gasteiger partial charge in [-0.25, -0.2) is 0 Å². The van der Waals surface area contributed by atoms with Gasteiger partial charge in [0.2, 0.25) is 5.91 Å². The van der Waals surface area contributed by atoms with Crippen LogP contribution < -0.4 is 4.74 Å². The summed E-state index contributed by atoms with van der Waals surface area (Å²) in [6.07, 6.45) is 3.50. The molecule has 1 aromatic carbocycles. The van der Waals surface area contributed by atoms with Crippen LogP contribution in [0.3, 0.4) is 0 Å². The van der Waals surface area contributed by atoms with Crippen LogP contribution in [-0.4, -0.2) is 53.5 Å². The smallest absolute Gasteiger partial charge is 0.237 e. The Bertz CT molecular complexity index is 948. The van der Waals surface area contributed by atoms with E-state index in [2.05, 4.69) is 26.7 Å². The van der Waals surface area contributed by atoms with Crippen LogP contribution in [0.5, 0.6) is 5.75 Å². The van der Waals surface area contributed by atoms with E-state index in [-0.39, 0.29) is 12.0 Å². The molecule has 3 heterocycles. The van der Waals surface area contributed by atoms with Crippen molar-refractivity contribution in [3.63, 3.8) is 0 Å². The Labute approximate surface area is 187 Å². The molecule has 0 radical (unpaired) electrons. The van der Waals surface area contributed by atoms with E-state index < -0.39 is 0 Å². The Morgan fingerprint density at radius 2 is 1.94 bits per heavy atom. The summed E-state index contributed by atoms with van der Waals surface area (Å²) in [5.41, 5.74) is 3.34. The Balaban J connectivity index is 1.47. The Kier molecular flexibility index (Phi) is 7.30. The molecule has 1 aliphatic rings. The van der Waals surface area contributed by atoms with Crippen molar-refractivity contribution in [1.29, 1.82) is 0 Å². The predicted molar refractivity (Wildman–Crippen MR) is 121 cm³/mol. The highest BCUT2D eigenvalue weighted by molar-refractivity contribution is 7.07. The van der Waals surface area contributed by atoms with Crippen LogP contribution in [0.4, 0.5) is 0 Å². The van der Waals surface area contributed by atoms with Gasteiger partial charge in [-0.15, -0.1) is 0 Å². The van der Waals surface area contributed by atoms with E-state index in [1.807, 2.05) is 47.5 Å². The molecular formula is C24H27N3O3S. The monoisotopic (exact) mass is 437 g/mol. The predicted octanol–water partition coefficient (Wildman–Crippen LogP) is 3.58. The number of ether oxygens (including phenoxy) is 2. The molecule has 2 aromatic heterocycles. The van der Waals surface area contributed by atoms with Crippen LogP contribution >= 0.6 is 11.3 Å². The third kappa shape index (κ3) is 6.13. The molecule has 0 bridgehead atoms. The normalized spacial score (nSPS) is 17.5. The van der Waals surface area contributed by atoms with E-state index in [9.17, 15) is 4.79 Å². The highest BCUT2D eigenvalue weighted by atomic mass is 32.1. The first-order valence-corrected chi connectivity index (χ1v) is 11.3. The number of carbonyl (C=O) groups excluding carboxylic acids is 1. The molecule has 0 spiro atoms. The fourth-order valence-electron chi connectivity index (χ4n) is 3.72. The first-order chi connectivity index (χ1) is 15.2. The Morgan fingerprint density at radius 3 is 2.65 bits per heavy atom. The summed E-state index contributed by atoms with van der Waals surface area (Å²) in [6.45, 7) is 3.45. The van der Waals surface area contributed by atoms with E-state index >= 15 is 0 Å². The van der Waals surface area contributed by atoms with Crippen LogP contribution in [0.1, 0.15) is 16.7 Å². The van der Waals surface area contributed by atoms with E-state index in [1.165, 1.54) is 5.56 Å². The van der Waals surface area contributed by atoms with Gasteiger partial charge in [-0.2, -0.15) is 11.3 Å². The quantitative estimate of drug-likeness (QED) is 0.539. The molecule has 1 atom stereocenters. The van der Waals surface area contributed by atoms with Gasteiger partial charge in [-0.3, -0.25) is 14.7 Å². The van der Waals surface area contributed by atoms with Gasteiger partial charge < -0.3 is 14.4 Å². The Hall–Kier alpha value is -2.74. The topological polar surface area (TPSA) is 54.9 Å².